The third-order valence-electron chi connectivity index (χ3n) is 8.33. The lowest BCUT2D eigenvalue weighted by molar-refractivity contribution is -0.138. The predicted molar refractivity (Wildman–Crippen MR) is 111 cm³/mol. The van der Waals surface area contributed by atoms with Gasteiger partial charge in [-0.25, -0.2) is 0 Å². The van der Waals surface area contributed by atoms with Crippen molar-refractivity contribution in [1.82, 2.24) is 9.80 Å². The fraction of sp³-hybridized carbons (Fsp3) is 0.480. The van der Waals surface area contributed by atoms with Crippen LogP contribution in [0.2, 0.25) is 0 Å². The van der Waals surface area contributed by atoms with E-state index < -0.39 is 0 Å². The normalized spacial score (nSPS) is 32.0. The van der Waals surface area contributed by atoms with Crippen LogP contribution in [0.5, 0.6) is 11.5 Å². The molecular formula is C25H26N2O3. The topological polar surface area (TPSA) is 42.0 Å². The summed E-state index contributed by atoms with van der Waals surface area (Å²) >= 11 is 0. The highest BCUT2D eigenvalue weighted by Crippen LogP contribution is 2.58. The lowest BCUT2D eigenvalue weighted by Gasteiger charge is -2.35. The summed E-state index contributed by atoms with van der Waals surface area (Å²) in [5, 5.41) is 0. The van der Waals surface area contributed by atoms with Gasteiger partial charge in [0.25, 0.3) is 0 Å². The van der Waals surface area contributed by atoms with Gasteiger partial charge in [-0.15, -0.1) is 0 Å². The molecule has 7 rings (SSSR count). The summed E-state index contributed by atoms with van der Waals surface area (Å²) in [6.45, 7) is 2.19. The fourth-order valence-corrected chi connectivity index (χ4v) is 7.11. The number of likely N-dealkylation sites (tertiary alicyclic amines) is 1. The van der Waals surface area contributed by atoms with Gasteiger partial charge in [-0.3, -0.25) is 9.69 Å². The molecule has 0 radical (unpaired) electrons. The molecule has 3 saturated heterocycles. The van der Waals surface area contributed by atoms with Gasteiger partial charge < -0.3 is 14.4 Å². The molecule has 5 aliphatic rings. The zero-order valence-corrected chi connectivity index (χ0v) is 17.0. The zero-order valence-electron chi connectivity index (χ0n) is 17.0. The van der Waals surface area contributed by atoms with E-state index in [1.54, 1.807) is 0 Å². The standard InChI is InChI=1S/C25H26N2O3/c28-24-25-9-4-10-27(25)21(20-7-3-8-22-23(20)30-15-29-22)13-18(25)14-26(24)19-11-16-5-1-2-6-17(16)12-19/h1-3,5-8,18-19,21H,4,9-15H2/t18-,21-,25-/m0/s1. The summed E-state index contributed by atoms with van der Waals surface area (Å²) < 4.78 is 11.5. The number of carbonyl (C=O) groups excluding carboxylic acids is 1. The largest absolute Gasteiger partial charge is 0.454 e. The molecule has 154 valence electrons. The van der Waals surface area contributed by atoms with Crippen LogP contribution in [-0.4, -0.2) is 47.2 Å². The third-order valence-corrected chi connectivity index (χ3v) is 8.33. The molecule has 3 fully saturated rings. The van der Waals surface area contributed by atoms with Crippen LogP contribution in [0.25, 0.3) is 0 Å². The summed E-state index contributed by atoms with van der Waals surface area (Å²) in [6, 6.07) is 15.5. The maximum atomic E-state index is 14.0. The van der Waals surface area contributed by atoms with E-state index in [9.17, 15) is 4.79 Å². The van der Waals surface area contributed by atoms with Crippen molar-refractivity contribution in [2.75, 3.05) is 19.9 Å². The van der Waals surface area contributed by atoms with E-state index in [1.165, 1.54) is 16.7 Å². The quantitative estimate of drug-likeness (QED) is 0.773. The molecule has 1 spiro atoms. The van der Waals surface area contributed by atoms with E-state index in [2.05, 4.69) is 46.2 Å². The molecule has 2 aromatic carbocycles. The molecule has 4 heterocycles. The molecule has 0 aromatic heterocycles. The minimum atomic E-state index is -0.304. The van der Waals surface area contributed by atoms with Gasteiger partial charge >= 0.3 is 0 Å². The van der Waals surface area contributed by atoms with Crippen LogP contribution in [-0.2, 0) is 17.6 Å². The summed E-state index contributed by atoms with van der Waals surface area (Å²) in [5.41, 5.74) is 3.74. The van der Waals surface area contributed by atoms with Crippen molar-refractivity contribution < 1.29 is 14.3 Å². The fourth-order valence-electron chi connectivity index (χ4n) is 7.11. The number of rotatable bonds is 2. The van der Waals surface area contributed by atoms with Crippen LogP contribution >= 0.6 is 0 Å². The Hall–Kier alpha value is -2.53. The number of carbonyl (C=O) groups is 1. The first-order valence-corrected chi connectivity index (χ1v) is 11.3. The second kappa shape index (κ2) is 6.01. The molecule has 30 heavy (non-hydrogen) atoms. The van der Waals surface area contributed by atoms with E-state index in [-0.39, 0.29) is 11.6 Å². The van der Waals surface area contributed by atoms with Crippen molar-refractivity contribution in [2.24, 2.45) is 5.92 Å². The van der Waals surface area contributed by atoms with Crippen LogP contribution in [0, 0.1) is 5.92 Å². The molecule has 2 aromatic rings. The van der Waals surface area contributed by atoms with Gasteiger partial charge in [0.1, 0.15) is 5.54 Å². The van der Waals surface area contributed by atoms with E-state index in [1.807, 2.05) is 6.07 Å². The summed E-state index contributed by atoms with van der Waals surface area (Å²) in [4.78, 5) is 18.7. The van der Waals surface area contributed by atoms with Gasteiger partial charge in [0.15, 0.2) is 11.5 Å². The number of nitrogens with zero attached hydrogens (tertiary/aromatic N) is 2. The lowest BCUT2D eigenvalue weighted by atomic mass is 9.85. The maximum Gasteiger partial charge on any atom is 0.243 e. The Morgan fingerprint density at radius 1 is 1.00 bits per heavy atom. The van der Waals surface area contributed by atoms with Crippen molar-refractivity contribution in [2.45, 2.75) is 49.7 Å². The van der Waals surface area contributed by atoms with Crippen molar-refractivity contribution in [1.29, 1.82) is 0 Å². The van der Waals surface area contributed by atoms with Gasteiger partial charge in [-0.2, -0.15) is 0 Å². The number of benzene rings is 2. The molecule has 5 nitrogen and oxygen atoms in total. The van der Waals surface area contributed by atoms with E-state index in [0.717, 1.165) is 56.7 Å². The van der Waals surface area contributed by atoms with E-state index in [0.29, 0.717) is 24.7 Å². The predicted octanol–water partition coefficient (Wildman–Crippen LogP) is 3.32. The number of hydrogen-bond donors (Lipinski definition) is 0. The Bertz CT molecular complexity index is 1030. The minimum Gasteiger partial charge on any atom is -0.454 e. The first-order chi connectivity index (χ1) is 14.8. The molecule has 4 aliphatic heterocycles. The Morgan fingerprint density at radius 3 is 2.67 bits per heavy atom. The molecule has 5 heteroatoms. The SMILES string of the molecule is O=C1N(C2Cc3ccccc3C2)C[C@@H]2C[C@@H](c3cccc4c3OCO4)N3CCC[C@@]123. The first-order valence-electron chi connectivity index (χ1n) is 11.3. The maximum absolute atomic E-state index is 14.0. The Labute approximate surface area is 176 Å². The lowest BCUT2D eigenvalue weighted by Crippen LogP contribution is -2.51. The molecule has 1 aliphatic carbocycles. The minimum absolute atomic E-state index is 0.251. The molecular weight excluding hydrogens is 376 g/mol. The van der Waals surface area contributed by atoms with Gasteiger partial charge in [0.05, 0.1) is 0 Å². The molecule has 0 bridgehead atoms. The molecule has 0 unspecified atom stereocenters. The first kappa shape index (κ1) is 17.2. The van der Waals surface area contributed by atoms with E-state index >= 15 is 0 Å². The monoisotopic (exact) mass is 402 g/mol. The van der Waals surface area contributed by atoms with Crippen molar-refractivity contribution in [3.63, 3.8) is 0 Å². The highest BCUT2D eigenvalue weighted by molar-refractivity contribution is 5.90. The highest BCUT2D eigenvalue weighted by Gasteiger charge is 2.66. The molecule has 0 saturated carbocycles. The summed E-state index contributed by atoms with van der Waals surface area (Å²) in [7, 11) is 0. The number of fused-ring (bicyclic) bond motifs is 2. The van der Waals surface area contributed by atoms with Crippen molar-refractivity contribution >= 4 is 5.91 Å². The van der Waals surface area contributed by atoms with E-state index in [4.69, 9.17) is 9.47 Å². The second-order valence-corrected chi connectivity index (χ2v) is 9.54. The van der Waals surface area contributed by atoms with Gasteiger partial charge in [0.2, 0.25) is 12.7 Å². The highest BCUT2D eigenvalue weighted by atomic mass is 16.7. The number of amides is 1. The second-order valence-electron chi connectivity index (χ2n) is 9.54. The number of ether oxygens (including phenoxy) is 2. The summed E-state index contributed by atoms with van der Waals surface area (Å²) in [5.74, 6) is 2.52. The third kappa shape index (κ3) is 2.09. The average Bonchev–Trinajstić information content (AvgIpc) is 3.55. The number of para-hydroxylation sites is 1. The number of hydrogen-bond acceptors (Lipinski definition) is 4. The van der Waals surface area contributed by atoms with Gasteiger partial charge in [0, 0.05) is 30.1 Å². The van der Waals surface area contributed by atoms with Gasteiger partial charge in [-0.05, 0) is 55.8 Å². The van der Waals surface area contributed by atoms with Crippen LogP contribution in [0.3, 0.4) is 0 Å². The van der Waals surface area contributed by atoms with Crippen molar-refractivity contribution in [3.8, 4) is 11.5 Å². The van der Waals surface area contributed by atoms with Crippen LogP contribution in [0.4, 0.5) is 0 Å². The molecule has 1 amide bonds. The summed E-state index contributed by atoms with van der Waals surface area (Å²) in [6.07, 6.45) is 5.14. The zero-order chi connectivity index (χ0) is 19.9. The Balaban J connectivity index is 1.21. The molecule has 0 N–H and O–H groups in total. The Kier molecular flexibility index (Phi) is 3.44. The Morgan fingerprint density at radius 2 is 1.83 bits per heavy atom. The van der Waals surface area contributed by atoms with Crippen LogP contribution in [0.15, 0.2) is 42.5 Å². The molecule has 3 atom stereocenters. The van der Waals surface area contributed by atoms with Gasteiger partial charge in [-0.1, -0.05) is 36.4 Å². The van der Waals surface area contributed by atoms with Crippen LogP contribution in [0.1, 0.15) is 42.0 Å². The van der Waals surface area contributed by atoms with Crippen molar-refractivity contribution in [3.05, 3.63) is 59.2 Å². The smallest absolute Gasteiger partial charge is 0.243 e. The van der Waals surface area contributed by atoms with Crippen LogP contribution < -0.4 is 9.47 Å². The average molecular weight is 402 g/mol.